The van der Waals surface area contributed by atoms with Crippen LogP contribution in [0.1, 0.15) is 53.9 Å². The molecule has 0 amide bonds. The smallest absolute Gasteiger partial charge is 0.192 e. The predicted molar refractivity (Wildman–Crippen MR) is 97.5 cm³/mol. The molecule has 0 bridgehead atoms. The topological polar surface area (TPSA) is 65.0 Å². The first kappa shape index (κ1) is 21.8. The van der Waals surface area contributed by atoms with Crippen LogP contribution in [0.15, 0.2) is 0 Å². The fourth-order valence-corrected chi connectivity index (χ4v) is 3.47. The maximum atomic E-state index is 12.1. The van der Waals surface area contributed by atoms with Crippen LogP contribution in [0.5, 0.6) is 0 Å². The van der Waals surface area contributed by atoms with E-state index in [4.69, 9.17) is 13.9 Å². The number of ketones is 1. The minimum atomic E-state index is -1.83. The molecule has 0 aromatic carbocycles. The molecule has 1 fully saturated rings. The normalized spacial score (nSPS) is 18.8. The maximum absolute atomic E-state index is 12.1. The molecule has 0 radical (unpaired) electrons. The second-order valence-electron chi connectivity index (χ2n) is 9.11. The van der Waals surface area contributed by atoms with Crippen LogP contribution in [-0.2, 0) is 18.7 Å². The molecule has 1 atom stereocenters. The summed E-state index contributed by atoms with van der Waals surface area (Å²) in [6.45, 7) is 16.9. The molecular formula is C18H36O5Si. The summed E-state index contributed by atoms with van der Waals surface area (Å²) >= 11 is 0. The van der Waals surface area contributed by atoms with Gasteiger partial charge < -0.3 is 19.0 Å². The molecule has 142 valence electrons. The molecule has 0 aromatic rings. The quantitative estimate of drug-likeness (QED) is 0.638. The Labute approximate surface area is 148 Å². The Kier molecular flexibility index (Phi) is 7.62. The average molecular weight is 361 g/mol. The van der Waals surface area contributed by atoms with E-state index in [1.165, 1.54) is 0 Å². The summed E-state index contributed by atoms with van der Waals surface area (Å²) < 4.78 is 16.9. The predicted octanol–water partition coefficient (Wildman–Crippen LogP) is 3.51. The number of aliphatic hydroxyl groups is 1. The van der Waals surface area contributed by atoms with E-state index in [-0.39, 0.29) is 28.9 Å². The number of carbonyl (C=O) groups excluding carboxylic acids is 1. The van der Waals surface area contributed by atoms with Crippen molar-refractivity contribution in [3.8, 4) is 0 Å². The molecule has 1 heterocycles. The summed E-state index contributed by atoms with van der Waals surface area (Å²) in [6, 6.07) is 0. The molecule has 0 aliphatic carbocycles. The number of aliphatic hydroxyl groups excluding tert-OH is 1. The lowest BCUT2D eigenvalue weighted by Crippen LogP contribution is -2.43. The van der Waals surface area contributed by atoms with Gasteiger partial charge in [-0.25, -0.2) is 0 Å². The molecule has 1 rings (SSSR count). The van der Waals surface area contributed by atoms with Gasteiger partial charge in [-0.3, -0.25) is 4.79 Å². The van der Waals surface area contributed by atoms with Crippen molar-refractivity contribution in [2.24, 2.45) is 5.41 Å². The molecule has 0 saturated carbocycles. The van der Waals surface area contributed by atoms with Crippen LogP contribution >= 0.6 is 0 Å². The highest BCUT2D eigenvalue weighted by Gasteiger charge is 2.39. The van der Waals surface area contributed by atoms with E-state index in [1.807, 2.05) is 13.8 Å². The molecule has 1 unspecified atom stereocenters. The molecular weight excluding hydrogens is 324 g/mol. The third kappa shape index (κ3) is 6.92. The van der Waals surface area contributed by atoms with Gasteiger partial charge in [0, 0.05) is 19.4 Å². The lowest BCUT2D eigenvalue weighted by Gasteiger charge is -2.39. The molecule has 1 N–H and O–H groups in total. The van der Waals surface area contributed by atoms with E-state index in [1.54, 1.807) is 0 Å². The van der Waals surface area contributed by atoms with Crippen LogP contribution in [0.4, 0.5) is 0 Å². The van der Waals surface area contributed by atoms with Gasteiger partial charge in [0.2, 0.25) is 0 Å². The third-order valence-corrected chi connectivity index (χ3v) is 9.54. The Morgan fingerprint density at radius 3 is 2.25 bits per heavy atom. The van der Waals surface area contributed by atoms with Gasteiger partial charge >= 0.3 is 0 Å². The number of Topliss-reactive ketones (excluding diaryl/α,β-unsaturated/α-hetero) is 1. The fourth-order valence-electron chi connectivity index (χ4n) is 2.29. The van der Waals surface area contributed by atoms with Crippen LogP contribution in [0.2, 0.25) is 18.1 Å². The first-order chi connectivity index (χ1) is 10.8. The highest BCUT2D eigenvalue weighted by Crippen LogP contribution is 2.38. The Morgan fingerprint density at radius 2 is 1.75 bits per heavy atom. The zero-order chi connectivity index (χ0) is 18.6. The molecule has 6 heteroatoms. The second kappa shape index (κ2) is 8.41. The number of hydrogen-bond donors (Lipinski definition) is 1. The van der Waals surface area contributed by atoms with Crippen LogP contribution in [0, 0.1) is 5.41 Å². The molecule has 1 saturated heterocycles. The molecule has 24 heavy (non-hydrogen) atoms. The van der Waals surface area contributed by atoms with E-state index in [2.05, 4.69) is 33.9 Å². The van der Waals surface area contributed by atoms with Gasteiger partial charge in [-0.15, -0.1) is 0 Å². The number of carbonyl (C=O) groups is 1. The van der Waals surface area contributed by atoms with Crippen molar-refractivity contribution in [1.29, 1.82) is 0 Å². The average Bonchev–Trinajstić information content (AvgIpc) is 2.94. The first-order valence-corrected chi connectivity index (χ1v) is 11.8. The van der Waals surface area contributed by atoms with Crippen molar-refractivity contribution in [3.63, 3.8) is 0 Å². The standard InChI is InChI=1S/C18H36O5Si/c1-17(2,3)24(6,7)23-13-18(4,5)12-15(20)14(19)8-9-16-21-10-11-22-16/h15-16,20H,8-13H2,1-7H3. The van der Waals surface area contributed by atoms with Crippen molar-refractivity contribution in [3.05, 3.63) is 0 Å². The number of ether oxygens (including phenoxy) is 2. The largest absolute Gasteiger partial charge is 0.416 e. The van der Waals surface area contributed by atoms with Gasteiger partial charge in [-0.05, 0) is 30.0 Å². The van der Waals surface area contributed by atoms with Crippen LogP contribution in [-0.4, -0.2) is 51.4 Å². The fraction of sp³-hybridized carbons (Fsp3) is 0.944. The molecule has 0 spiro atoms. The Hall–Kier alpha value is -0.273. The van der Waals surface area contributed by atoms with Crippen LogP contribution in [0.25, 0.3) is 0 Å². The van der Waals surface area contributed by atoms with Gasteiger partial charge in [0.25, 0.3) is 0 Å². The van der Waals surface area contributed by atoms with Crippen molar-refractivity contribution in [2.75, 3.05) is 19.8 Å². The summed E-state index contributed by atoms with van der Waals surface area (Å²) in [6.07, 6.45) is -0.0465. The van der Waals surface area contributed by atoms with Gasteiger partial charge in [0.05, 0.1) is 13.2 Å². The van der Waals surface area contributed by atoms with E-state index in [0.29, 0.717) is 32.7 Å². The SMILES string of the molecule is CC(C)(CO[Si](C)(C)C(C)(C)C)CC(O)C(=O)CCC1OCCO1. The van der Waals surface area contributed by atoms with Gasteiger partial charge in [-0.2, -0.15) is 0 Å². The minimum absolute atomic E-state index is 0.144. The van der Waals surface area contributed by atoms with E-state index in [0.717, 1.165) is 0 Å². The Balaban J connectivity index is 2.42. The summed E-state index contributed by atoms with van der Waals surface area (Å²) in [7, 11) is -1.83. The monoisotopic (exact) mass is 360 g/mol. The number of hydrogen-bond acceptors (Lipinski definition) is 5. The lowest BCUT2D eigenvalue weighted by atomic mass is 9.86. The molecule has 1 aliphatic rings. The highest BCUT2D eigenvalue weighted by atomic mass is 28.4. The second-order valence-corrected chi connectivity index (χ2v) is 13.9. The van der Waals surface area contributed by atoms with Crippen molar-refractivity contribution >= 4 is 14.1 Å². The highest BCUT2D eigenvalue weighted by molar-refractivity contribution is 6.74. The van der Waals surface area contributed by atoms with Gasteiger partial charge in [0.1, 0.15) is 6.10 Å². The summed E-state index contributed by atoms with van der Waals surface area (Å²) in [5, 5.41) is 10.4. The van der Waals surface area contributed by atoms with Gasteiger partial charge in [0.15, 0.2) is 20.4 Å². The van der Waals surface area contributed by atoms with Crippen LogP contribution < -0.4 is 0 Å². The number of rotatable bonds is 9. The maximum Gasteiger partial charge on any atom is 0.192 e. The summed E-state index contributed by atoms with van der Waals surface area (Å²) in [5.41, 5.74) is -0.245. The summed E-state index contributed by atoms with van der Waals surface area (Å²) in [4.78, 5) is 12.1. The van der Waals surface area contributed by atoms with E-state index >= 15 is 0 Å². The Morgan fingerprint density at radius 1 is 1.21 bits per heavy atom. The van der Waals surface area contributed by atoms with Crippen molar-refractivity contribution in [1.82, 2.24) is 0 Å². The van der Waals surface area contributed by atoms with E-state index < -0.39 is 14.4 Å². The van der Waals surface area contributed by atoms with E-state index in [9.17, 15) is 9.90 Å². The van der Waals surface area contributed by atoms with Crippen molar-refractivity contribution in [2.45, 2.75) is 84.4 Å². The summed E-state index contributed by atoms with van der Waals surface area (Å²) in [5.74, 6) is -0.144. The van der Waals surface area contributed by atoms with Crippen molar-refractivity contribution < 1.29 is 23.8 Å². The Bertz CT molecular complexity index is 408. The molecule has 5 nitrogen and oxygen atoms in total. The zero-order valence-electron chi connectivity index (χ0n) is 16.5. The minimum Gasteiger partial charge on any atom is -0.416 e. The van der Waals surface area contributed by atoms with Crippen LogP contribution in [0.3, 0.4) is 0 Å². The lowest BCUT2D eigenvalue weighted by molar-refractivity contribution is -0.131. The van der Waals surface area contributed by atoms with Gasteiger partial charge in [-0.1, -0.05) is 34.6 Å². The molecule has 0 aromatic heterocycles. The third-order valence-electron chi connectivity index (χ3n) is 5.06. The molecule has 1 aliphatic heterocycles. The first-order valence-electron chi connectivity index (χ1n) is 8.92. The zero-order valence-corrected chi connectivity index (χ0v) is 17.5.